The normalized spacial score (nSPS) is 24.2. The number of carboxylic acid groups (broad SMARTS) is 1. The Hall–Kier alpha value is -2.05. The molecule has 7 nitrogen and oxygen atoms in total. The summed E-state index contributed by atoms with van der Waals surface area (Å²) in [5, 5.41) is 18.5. The number of carbonyl (C=O) groups excluding carboxylic acids is 1. The zero-order valence-corrected chi connectivity index (χ0v) is 11.0. The molecule has 0 bridgehead atoms. The molecule has 1 saturated heterocycles. The largest absolute Gasteiger partial charge is 0.480 e. The van der Waals surface area contributed by atoms with Crippen molar-refractivity contribution in [3.63, 3.8) is 0 Å². The lowest BCUT2D eigenvalue weighted by Crippen LogP contribution is -2.48. The zero-order chi connectivity index (χ0) is 14.0. The molecule has 1 fully saturated rings. The third-order valence-electron chi connectivity index (χ3n) is 3.57. The summed E-state index contributed by atoms with van der Waals surface area (Å²) < 4.78 is 0. The van der Waals surface area contributed by atoms with E-state index in [1.54, 1.807) is 12.4 Å². The first-order valence-corrected chi connectivity index (χ1v) is 6.29. The van der Waals surface area contributed by atoms with Crippen LogP contribution in [0.25, 0.3) is 0 Å². The molecule has 0 aliphatic carbocycles. The molecule has 1 aliphatic heterocycles. The SMILES string of the molecule is CC(NC(=O)N1CCC(C)C1C(=O)O)c1cn[nH]c1. The van der Waals surface area contributed by atoms with Crippen LogP contribution in [0.2, 0.25) is 0 Å². The summed E-state index contributed by atoms with van der Waals surface area (Å²) in [7, 11) is 0. The van der Waals surface area contributed by atoms with Crippen molar-refractivity contribution < 1.29 is 14.7 Å². The molecule has 104 valence electrons. The van der Waals surface area contributed by atoms with Crippen LogP contribution in [0.5, 0.6) is 0 Å². The second-order valence-electron chi connectivity index (χ2n) is 4.95. The Morgan fingerprint density at radius 1 is 1.63 bits per heavy atom. The van der Waals surface area contributed by atoms with Gasteiger partial charge in [-0.3, -0.25) is 5.10 Å². The van der Waals surface area contributed by atoms with Crippen LogP contribution in [0.4, 0.5) is 4.79 Å². The van der Waals surface area contributed by atoms with Gasteiger partial charge in [-0.2, -0.15) is 5.10 Å². The fourth-order valence-corrected chi connectivity index (χ4v) is 2.40. The first-order chi connectivity index (χ1) is 9.00. The molecule has 2 amide bonds. The Kier molecular flexibility index (Phi) is 3.73. The van der Waals surface area contributed by atoms with E-state index in [9.17, 15) is 14.7 Å². The maximum atomic E-state index is 12.1. The standard InChI is InChI=1S/C12H18N4O3/c1-7-3-4-16(10(7)11(17)18)12(19)15-8(2)9-5-13-14-6-9/h5-8,10H,3-4H2,1-2H3,(H,13,14)(H,15,19)(H,17,18). The minimum absolute atomic E-state index is 0.0209. The first kappa shape index (κ1) is 13.4. The second kappa shape index (κ2) is 5.29. The van der Waals surface area contributed by atoms with Crippen molar-refractivity contribution >= 4 is 12.0 Å². The average Bonchev–Trinajstić information content (AvgIpc) is 2.96. The van der Waals surface area contributed by atoms with E-state index in [4.69, 9.17) is 0 Å². The lowest BCUT2D eigenvalue weighted by Gasteiger charge is -2.25. The molecule has 7 heteroatoms. The number of nitrogens with zero attached hydrogens (tertiary/aromatic N) is 2. The molecule has 0 spiro atoms. The summed E-state index contributed by atoms with van der Waals surface area (Å²) in [6.07, 6.45) is 4.04. The van der Waals surface area contributed by atoms with Gasteiger partial charge in [-0.25, -0.2) is 9.59 Å². The van der Waals surface area contributed by atoms with Gasteiger partial charge in [-0.15, -0.1) is 0 Å². The molecular weight excluding hydrogens is 248 g/mol. The molecule has 1 aromatic rings. The number of amides is 2. The summed E-state index contributed by atoms with van der Waals surface area (Å²) in [6.45, 7) is 4.16. The van der Waals surface area contributed by atoms with Crippen molar-refractivity contribution in [1.82, 2.24) is 20.4 Å². The molecule has 1 aromatic heterocycles. The Labute approximate surface area is 111 Å². The predicted octanol–water partition coefficient (Wildman–Crippen LogP) is 0.975. The van der Waals surface area contributed by atoms with Gasteiger partial charge in [0.05, 0.1) is 12.2 Å². The number of aliphatic carboxylic acids is 1. The van der Waals surface area contributed by atoms with Crippen molar-refractivity contribution in [3.8, 4) is 0 Å². The molecule has 3 atom stereocenters. The van der Waals surface area contributed by atoms with Gasteiger partial charge < -0.3 is 15.3 Å². The number of likely N-dealkylation sites (tertiary alicyclic amines) is 1. The quantitative estimate of drug-likeness (QED) is 0.759. The highest BCUT2D eigenvalue weighted by Crippen LogP contribution is 2.24. The summed E-state index contributed by atoms with van der Waals surface area (Å²) in [5.74, 6) is -0.969. The van der Waals surface area contributed by atoms with Crippen LogP contribution in [0.3, 0.4) is 0 Å². The number of carboxylic acids is 1. The number of rotatable bonds is 3. The van der Waals surface area contributed by atoms with Crippen LogP contribution in [0.15, 0.2) is 12.4 Å². The third-order valence-corrected chi connectivity index (χ3v) is 3.57. The predicted molar refractivity (Wildman–Crippen MR) is 67.4 cm³/mol. The lowest BCUT2D eigenvalue weighted by atomic mass is 10.0. The topological polar surface area (TPSA) is 98.3 Å². The van der Waals surface area contributed by atoms with Crippen LogP contribution >= 0.6 is 0 Å². The van der Waals surface area contributed by atoms with Gasteiger partial charge in [0.1, 0.15) is 6.04 Å². The van der Waals surface area contributed by atoms with Crippen LogP contribution in [0.1, 0.15) is 31.9 Å². The number of nitrogens with one attached hydrogen (secondary N) is 2. The van der Waals surface area contributed by atoms with Gasteiger partial charge in [-0.05, 0) is 19.3 Å². The van der Waals surface area contributed by atoms with E-state index >= 15 is 0 Å². The molecule has 0 saturated carbocycles. The highest BCUT2D eigenvalue weighted by atomic mass is 16.4. The number of aromatic nitrogens is 2. The number of carbonyl (C=O) groups is 2. The average molecular weight is 266 g/mol. The molecule has 19 heavy (non-hydrogen) atoms. The third kappa shape index (κ3) is 2.69. The van der Waals surface area contributed by atoms with Crippen molar-refractivity contribution in [2.24, 2.45) is 5.92 Å². The lowest BCUT2D eigenvalue weighted by molar-refractivity contribution is -0.142. The second-order valence-corrected chi connectivity index (χ2v) is 4.95. The van der Waals surface area contributed by atoms with Gasteiger partial charge in [0, 0.05) is 18.3 Å². The van der Waals surface area contributed by atoms with Gasteiger partial charge in [0.15, 0.2) is 0 Å². The van der Waals surface area contributed by atoms with Crippen LogP contribution in [-0.2, 0) is 4.79 Å². The van der Waals surface area contributed by atoms with Gasteiger partial charge in [0.25, 0.3) is 0 Å². The highest BCUT2D eigenvalue weighted by Gasteiger charge is 2.39. The molecular formula is C12H18N4O3. The fraction of sp³-hybridized carbons (Fsp3) is 0.583. The number of urea groups is 1. The molecule has 2 heterocycles. The van der Waals surface area contributed by atoms with E-state index in [1.807, 2.05) is 13.8 Å². The van der Waals surface area contributed by atoms with Crippen molar-refractivity contribution in [2.75, 3.05) is 6.54 Å². The Morgan fingerprint density at radius 2 is 2.37 bits per heavy atom. The maximum Gasteiger partial charge on any atom is 0.326 e. The van der Waals surface area contributed by atoms with E-state index in [0.717, 1.165) is 5.56 Å². The number of H-pyrrole nitrogens is 1. The summed E-state index contributed by atoms with van der Waals surface area (Å²) in [4.78, 5) is 24.7. The Balaban J connectivity index is 2.02. The summed E-state index contributed by atoms with van der Waals surface area (Å²) in [6, 6.07) is -1.29. The maximum absolute atomic E-state index is 12.1. The van der Waals surface area contributed by atoms with Gasteiger partial charge in [-0.1, -0.05) is 6.92 Å². The minimum atomic E-state index is -0.948. The molecule has 2 rings (SSSR count). The number of hydrogen-bond acceptors (Lipinski definition) is 3. The number of hydrogen-bond donors (Lipinski definition) is 3. The highest BCUT2D eigenvalue weighted by molar-refractivity contribution is 5.83. The van der Waals surface area contributed by atoms with Gasteiger partial charge >= 0.3 is 12.0 Å². The molecule has 1 aliphatic rings. The Morgan fingerprint density at radius 3 is 2.95 bits per heavy atom. The van der Waals surface area contributed by atoms with E-state index in [0.29, 0.717) is 13.0 Å². The van der Waals surface area contributed by atoms with E-state index in [2.05, 4.69) is 15.5 Å². The molecule has 3 N–H and O–H groups in total. The van der Waals surface area contributed by atoms with Crippen LogP contribution in [0, 0.1) is 5.92 Å². The summed E-state index contributed by atoms with van der Waals surface area (Å²) in [5.41, 5.74) is 0.854. The van der Waals surface area contributed by atoms with Crippen molar-refractivity contribution in [3.05, 3.63) is 18.0 Å². The van der Waals surface area contributed by atoms with Crippen LogP contribution < -0.4 is 5.32 Å². The van der Waals surface area contributed by atoms with E-state index < -0.39 is 12.0 Å². The van der Waals surface area contributed by atoms with E-state index in [1.165, 1.54) is 4.90 Å². The summed E-state index contributed by atoms with van der Waals surface area (Å²) >= 11 is 0. The van der Waals surface area contributed by atoms with Crippen molar-refractivity contribution in [1.29, 1.82) is 0 Å². The first-order valence-electron chi connectivity index (χ1n) is 6.29. The smallest absolute Gasteiger partial charge is 0.326 e. The molecule has 0 aromatic carbocycles. The minimum Gasteiger partial charge on any atom is -0.480 e. The zero-order valence-electron chi connectivity index (χ0n) is 11.0. The molecule has 0 radical (unpaired) electrons. The van der Waals surface area contributed by atoms with Crippen molar-refractivity contribution in [2.45, 2.75) is 32.4 Å². The molecule has 3 unspecified atom stereocenters. The Bertz CT molecular complexity index is 460. The fourth-order valence-electron chi connectivity index (χ4n) is 2.40. The monoisotopic (exact) mass is 266 g/mol. The number of aromatic amines is 1. The van der Waals surface area contributed by atoms with Crippen LogP contribution in [-0.4, -0.2) is 44.8 Å². The van der Waals surface area contributed by atoms with E-state index in [-0.39, 0.29) is 18.0 Å². The van der Waals surface area contributed by atoms with Gasteiger partial charge in [0.2, 0.25) is 0 Å².